The number of benzene rings is 1. The Hall–Kier alpha value is -0.680. The predicted octanol–water partition coefficient (Wildman–Crippen LogP) is 3.53. The van der Waals surface area contributed by atoms with Gasteiger partial charge in [-0.05, 0) is 25.1 Å². The molecule has 16 heavy (non-hydrogen) atoms. The minimum atomic E-state index is -0.114. The van der Waals surface area contributed by atoms with Crippen LogP contribution in [-0.2, 0) is 0 Å². The average Bonchev–Trinajstić information content (AvgIpc) is 2.66. The molecule has 1 aromatic carbocycles. The standard InChI is InChI=1S/C10H9Cl2N3S/c1-5(13)9-14-15-10(16-9)7-3-2-6(11)4-8(7)12/h2-5H,13H2,1H3. The Labute approximate surface area is 107 Å². The Balaban J connectivity index is 2.42. The summed E-state index contributed by atoms with van der Waals surface area (Å²) < 4.78 is 0. The second kappa shape index (κ2) is 4.67. The molecule has 0 saturated carbocycles. The summed E-state index contributed by atoms with van der Waals surface area (Å²) in [7, 11) is 0. The topological polar surface area (TPSA) is 51.8 Å². The smallest absolute Gasteiger partial charge is 0.149 e. The maximum absolute atomic E-state index is 6.08. The number of nitrogens with two attached hydrogens (primary N) is 1. The van der Waals surface area contributed by atoms with Crippen LogP contribution in [0, 0.1) is 0 Å². The molecule has 84 valence electrons. The van der Waals surface area contributed by atoms with Gasteiger partial charge in [0.2, 0.25) is 0 Å². The molecule has 0 bridgehead atoms. The maximum Gasteiger partial charge on any atom is 0.149 e. The molecule has 1 aromatic heterocycles. The molecule has 2 rings (SSSR count). The van der Waals surface area contributed by atoms with E-state index in [1.54, 1.807) is 12.1 Å². The van der Waals surface area contributed by atoms with Gasteiger partial charge in [-0.2, -0.15) is 0 Å². The molecule has 0 aliphatic carbocycles. The summed E-state index contributed by atoms with van der Waals surface area (Å²) in [5.41, 5.74) is 6.55. The summed E-state index contributed by atoms with van der Waals surface area (Å²) in [5.74, 6) is 0. The second-order valence-electron chi connectivity index (χ2n) is 3.36. The van der Waals surface area contributed by atoms with Crippen molar-refractivity contribution in [2.45, 2.75) is 13.0 Å². The molecule has 0 saturated heterocycles. The zero-order valence-electron chi connectivity index (χ0n) is 8.45. The highest BCUT2D eigenvalue weighted by Gasteiger charge is 2.12. The Morgan fingerprint density at radius 1 is 1.31 bits per heavy atom. The summed E-state index contributed by atoms with van der Waals surface area (Å²) >= 11 is 13.3. The van der Waals surface area contributed by atoms with E-state index in [0.717, 1.165) is 15.6 Å². The van der Waals surface area contributed by atoms with E-state index < -0.39 is 0 Å². The third-order valence-corrected chi connectivity index (χ3v) is 3.70. The van der Waals surface area contributed by atoms with Gasteiger partial charge in [-0.25, -0.2) is 0 Å². The van der Waals surface area contributed by atoms with E-state index in [2.05, 4.69) is 10.2 Å². The fourth-order valence-electron chi connectivity index (χ4n) is 1.19. The summed E-state index contributed by atoms with van der Waals surface area (Å²) in [4.78, 5) is 0. The van der Waals surface area contributed by atoms with E-state index in [0.29, 0.717) is 10.0 Å². The van der Waals surface area contributed by atoms with E-state index >= 15 is 0 Å². The van der Waals surface area contributed by atoms with Crippen LogP contribution in [-0.4, -0.2) is 10.2 Å². The Morgan fingerprint density at radius 2 is 2.06 bits per heavy atom. The zero-order chi connectivity index (χ0) is 11.7. The van der Waals surface area contributed by atoms with Crippen molar-refractivity contribution in [3.8, 4) is 10.6 Å². The normalized spacial score (nSPS) is 12.8. The molecule has 6 heteroatoms. The number of hydrogen-bond donors (Lipinski definition) is 1. The van der Waals surface area contributed by atoms with Gasteiger partial charge in [0.1, 0.15) is 10.0 Å². The summed E-state index contributed by atoms with van der Waals surface area (Å²) in [6.07, 6.45) is 0. The first-order valence-electron chi connectivity index (χ1n) is 4.62. The molecular formula is C10H9Cl2N3S. The number of nitrogens with zero attached hydrogens (tertiary/aromatic N) is 2. The average molecular weight is 274 g/mol. The molecule has 2 N–H and O–H groups in total. The van der Waals surface area contributed by atoms with Gasteiger partial charge in [0.05, 0.1) is 11.1 Å². The fourth-order valence-corrected chi connectivity index (χ4v) is 2.58. The van der Waals surface area contributed by atoms with Gasteiger partial charge < -0.3 is 5.73 Å². The number of halogens is 2. The van der Waals surface area contributed by atoms with Crippen molar-refractivity contribution in [3.05, 3.63) is 33.3 Å². The van der Waals surface area contributed by atoms with Gasteiger partial charge in [-0.1, -0.05) is 34.5 Å². The van der Waals surface area contributed by atoms with Crippen LogP contribution >= 0.6 is 34.5 Å². The van der Waals surface area contributed by atoms with Gasteiger partial charge in [0, 0.05) is 10.6 Å². The van der Waals surface area contributed by atoms with Crippen LogP contribution in [0.5, 0.6) is 0 Å². The van der Waals surface area contributed by atoms with Crippen molar-refractivity contribution < 1.29 is 0 Å². The highest BCUT2D eigenvalue weighted by Crippen LogP contribution is 2.33. The van der Waals surface area contributed by atoms with Crippen LogP contribution in [0.25, 0.3) is 10.6 Å². The lowest BCUT2D eigenvalue weighted by Crippen LogP contribution is -2.03. The minimum Gasteiger partial charge on any atom is -0.322 e. The monoisotopic (exact) mass is 273 g/mol. The summed E-state index contributed by atoms with van der Waals surface area (Å²) in [5, 5.41) is 10.8. The number of hydrogen-bond acceptors (Lipinski definition) is 4. The van der Waals surface area contributed by atoms with E-state index in [9.17, 15) is 0 Å². The number of rotatable bonds is 2. The van der Waals surface area contributed by atoms with Crippen LogP contribution in [0.2, 0.25) is 10.0 Å². The van der Waals surface area contributed by atoms with Gasteiger partial charge in [0.25, 0.3) is 0 Å². The molecule has 0 fully saturated rings. The number of aromatic nitrogens is 2. The van der Waals surface area contributed by atoms with Gasteiger partial charge in [-0.3, -0.25) is 0 Å². The Morgan fingerprint density at radius 3 is 2.62 bits per heavy atom. The van der Waals surface area contributed by atoms with Crippen LogP contribution in [0.4, 0.5) is 0 Å². The van der Waals surface area contributed by atoms with Crippen molar-refractivity contribution in [2.24, 2.45) is 5.73 Å². The van der Waals surface area contributed by atoms with Gasteiger partial charge >= 0.3 is 0 Å². The quantitative estimate of drug-likeness (QED) is 0.911. The molecule has 0 radical (unpaired) electrons. The second-order valence-corrected chi connectivity index (χ2v) is 5.21. The van der Waals surface area contributed by atoms with Crippen molar-refractivity contribution in [3.63, 3.8) is 0 Å². The SMILES string of the molecule is CC(N)c1nnc(-c2ccc(Cl)cc2Cl)s1. The van der Waals surface area contributed by atoms with Crippen molar-refractivity contribution in [1.29, 1.82) is 0 Å². The minimum absolute atomic E-state index is 0.114. The Kier molecular flexibility index (Phi) is 3.44. The molecule has 2 aromatic rings. The molecule has 0 spiro atoms. The van der Waals surface area contributed by atoms with Crippen LogP contribution < -0.4 is 5.73 Å². The predicted molar refractivity (Wildman–Crippen MR) is 68.0 cm³/mol. The molecular weight excluding hydrogens is 265 g/mol. The third-order valence-electron chi connectivity index (χ3n) is 1.99. The fraction of sp³-hybridized carbons (Fsp3) is 0.200. The summed E-state index contributed by atoms with van der Waals surface area (Å²) in [6.45, 7) is 1.87. The highest BCUT2D eigenvalue weighted by molar-refractivity contribution is 7.14. The molecule has 0 aliphatic rings. The van der Waals surface area contributed by atoms with Gasteiger partial charge in [0.15, 0.2) is 0 Å². The highest BCUT2D eigenvalue weighted by atomic mass is 35.5. The first-order chi connectivity index (χ1) is 7.58. The summed E-state index contributed by atoms with van der Waals surface area (Å²) in [6, 6.07) is 5.18. The van der Waals surface area contributed by atoms with Crippen molar-refractivity contribution in [2.75, 3.05) is 0 Å². The van der Waals surface area contributed by atoms with Crippen LogP contribution in [0.1, 0.15) is 18.0 Å². The lowest BCUT2D eigenvalue weighted by molar-refractivity contribution is 0.786. The lowest BCUT2D eigenvalue weighted by Gasteiger charge is -1.99. The van der Waals surface area contributed by atoms with E-state index in [1.807, 2.05) is 13.0 Å². The Bertz CT molecular complexity index is 511. The lowest BCUT2D eigenvalue weighted by atomic mass is 10.2. The van der Waals surface area contributed by atoms with Crippen molar-refractivity contribution >= 4 is 34.5 Å². The molecule has 1 heterocycles. The maximum atomic E-state index is 6.08. The first kappa shape index (κ1) is 11.8. The molecule has 1 atom stereocenters. The first-order valence-corrected chi connectivity index (χ1v) is 6.19. The van der Waals surface area contributed by atoms with E-state index in [4.69, 9.17) is 28.9 Å². The molecule has 3 nitrogen and oxygen atoms in total. The third kappa shape index (κ3) is 2.35. The molecule has 0 amide bonds. The molecule has 1 unspecified atom stereocenters. The largest absolute Gasteiger partial charge is 0.322 e. The molecule has 0 aliphatic heterocycles. The van der Waals surface area contributed by atoms with Crippen molar-refractivity contribution in [1.82, 2.24) is 10.2 Å². The van der Waals surface area contributed by atoms with Gasteiger partial charge in [-0.15, -0.1) is 10.2 Å². The van der Waals surface area contributed by atoms with E-state index in [1.165, 1.54) is 11.3 Å². The van der Waals surface area contributed by atoms with Crippen LogP contribution in [0.3, 0.4) is 0 Å². The zero-order valence-corrected chi connectivity index (χ0v) is 10.8. The van der Waals surface area contributed by atoms with Crippen LogP contribution in [0.15, 0.2) is 18.2 Å². The van der Waals surface area contributed by atoms with E-state index in [-0.39, 0.29) is 6.04 Å².